The summed E-state index contributed by atoms with van der Waals surface area (Å²) in [6.07, 6.45) is 3.14. The second kappa shape index (κ2) is 8.00. The number of benzene rings is 1. The number of carbonyl (C=O) groups excluding carboxylic acids is 1. The van der Waals surface area contributed by atoms with Gasteiger partial charge in [-0.2, -0.15) is 0 Å². The van der Waals surface area contributed by atoms with Gasteiger partial charge in [-0.05, 0) is 42.5 Å². The van der Waals surface area contributed by atoms with Crippen molar-refractivity contribution in [3.05, 3.63) is 77.4 Å². The van der Waals surface area contributed by atoms with Crippen LogP contribution in [-0.2, 0) is 17.9 Å². The normalized spacial score (nSPS) is 11.0. The molecule has 1 amide bonds. The van der Waals surface area contributed by atoms with Crippen LogP contribution in [0, 0.1) is 5.82 Å². The van der Waals surface area contributed by atoms with E-state index in [-0.39, 0.29) is 18.1 Å². The molecule has 5 nitrogen and oxygen atoms in total. The molecule has 7 heteroatoms. The Kier molecular flexibility index (Phi) is 5.53. The highest BCUT2D eigenvalue weighted by atomic mass is 35.5. The van der Waals surface area contributed by atoms with Crippen LogP contribution in [0.15, 0.2) is 63.8 Å². The van der Waals surface area contributed by atoms with E-state index in [0.717, 1.165) is 0 Å². The van der Waals surface area contributed by atoms with Gasteiger partial charge >= 0.3 is 0 Å². The van der Waals surface area contributed by atoms with Crippen LogP contribution in [0.4, 0.5) is 10.1 Å². The van der Waals surface area contributed by atoms with Crippen molar-refractivity contribution >= 4 is 23.2 Å². The summed E-state index contributed by atoms with van der Waals surface area (Å²) in [7, 11) is 0. The standard InChI is InChI=1S/C18H16ClFN2O3/c19-13-5-6-16(20)17(9-13)21-18(23)12-22(10-14-3-1-7-24-14)11-15-4-2-8-25-15/h1-9H,10-12H2,(H,21,23). The summed E-state index contributed by atoms with van der Waals surface area (Å²) in [5.41, 5.74) is 0.0495. The Balaban J connectivity index is 1.67. The van der Waals surface area contributed by atoms with Crippen molar-refractivity contribution in [2.45, 2.75) is 13.1 Å². The number of halogens is 2. The molecule has 0 aliphatic rings. The van der Waals surface area contributed by atoms with Crippen molar-refractivity contribution in [3.8, 4) is 0 Å². The Labute approximate surface area is 149 Å². The van der Waals surface area contributed by atoms with E-state index in [2.05, 4.69) is 5.32 Å². The zero-order chi connectivity index (χ0) is 17.6. The van der Waals surface area contributed by atoms with Crippen LogP contribution in [0.1, 0.15) is 11.5 Å². The van der Waals surface area contributed by atoms with Crippen LogP contribution in [0.25, 0.3) is 0 Å². The van der Waals surface area contributed by atoms with Crippen LogP contribution in [0.2, 0.25) is 5.02 Å². The number of nitrogens with zero attached hydrogens (tertiary/aromatic N) is 1. The monoisotopic (exact) mass is 362 g/mol. The fourth-order valence-corrected chi connectivity index (χ4v) is 2.57. The molecule has 3 rings (SSSR count). The first-order valence-electron chi connectivity index (χ1n) is 7.62. The van der Waals surface area contributed by atoms with Gasteiger partial charge in [0.15, 0.2) is 0 Å². The lowest BCUT2D eigenvalue weighted by Crippen LogP contribution is -2.32. The first kappa shape index (κ1) is 17.3. The minimum absolute atomic E-state index is 0.0351. The summed E-state index contributed by atoms with van der Waals surface area (Å²) in [5.74, 6) is 0.530. The van der Waals surface area contributed by atoms with E-state index in [4.69, 9.17) is 20.4 Å². The number of nitrogens with one attached hydrogen (secondary N) is 1. The van der Waals surface area contributed by atoms with Crippen LogP contribution in [0.5, 0.6) is 0 Å². The minimum atomic E-state index is -0.540. The molecule has 0 unspecified atom stereocenters. The molecule has 2 aromatic heterocycles. The van der Waals surface area contributed by atoms with E-state index in [9.17, 15) is 9.18 Å². The largest absolute Gasteiger partial charge is 0.468 e. The highest BCUT2D eigenvalue weighted by molar-refractivity contribution is 6.30. The van der Waals surface area contributed by atoms with Crippen LogP contribution < -0.4 is 5.32 Å². The average Bonchev–Trinajstić information content (AvgIpc) is 3.25. The highest BCUT2D eigenvalue weighted by Crippen LogP contribution is 2.19. The fraction of sp³-hybridized carbons (Fsp3) is 0.167. The van der Waals surface area contributed by atoms with Gasteiger partial charge in [-0.3, -0.25) is 9.69 Å². The lowest BCUT2D eigenvalue weighted by Gasteiger charge is -2.19. The molecule has 25 heavy (non-hydrogen) atoms. The van der Waals surface area contributed by atoms with Gasteiger partial charge in [0.2, 0.25) is 5.91 Å². The van der Waals surface area contributed by atoms with Crippen LogP contribution >= 0.6 is 11.6 Å². The minimum Gasteiger partial charge on any atom is -0.468 e. The first-order chi connectivity index (χ1) is 12.1. The summed E-state index contributed by atoms with van der Waals surface area (Å²) in [4.78, 5) is 14.1. The molecule has 0 fully saturated rings. The lowest BCUT2D eigenvalue weighted by molar-refractivity contribution is -0.117. The number of furan rings is 2. The van der Waals surface area contributed by atoms with E-state index < -0.39 is 5.82 Å². The average molecular weight is 363 g/mol. The third-order valence-electron chi connectivity index (χ3n) is 3.49. The summed E-state index contributed by atoms with van der Waals surface area (Å²) in [5, 5.41) is 2.89. The Morgan fingerprint density at radius 2 is 1.72 bits per heavy atom. The van der Waals surface area contributed by atoms with Gasteiger partial charge in [-0.1, -0.05) is 11.6 Å². The van der Waals surface area contributed by atoms with Crippen molar-refractivity contribution in [1.82, 2.24) is 4.90 Å². The molecule has 0 bridgehead atoms. The number of amides is 1. The Morgan fingerprint density at radius 3 is 2.28 bits per heavy atom. The van der Waals surface area contributed by atoms with Gasteiger partial charge in [0, 0.05) is 5.02 Å². The van der Waals surface area contributed by atoms with Gasteiger partial charge in [0.25, 0.3) is 0 Å². The Morgan fingerprint density at radius 1 is 1.08 bits per heavy atom. The maximum atomic E-state index is 13.8. The molecule has 0 spiro atoms. The molecule has 0 radical (unpaired) electrons. The Bertz CT molecular complexity index is 783. The molecule has 130 valence electrons. The molecule has 0 saturated carbocycles. The van der Waals surface area contributed by atoms with E-state index in [1.165, 1.54) is 18.2 Å². The third kappa shape index (κ3) is 4.95. The predicted octanol–water partition coefficient (Wildman–Crippen LogP) is 4.31. The van der Waals surface area contributed by atoms with Gasteiger partial charge in [-0.15, -0.1) is 0 Å². The summed E-state index contributed by atoms with van der Waals surface area (Å²) in [6.45, 7) is 0.867. The molecule has 2 heterocycles. The van der Waals surface area contributed by atoms with E-state index in [1.54, 1.807) is 24.7 Å². The van der Waals surface area contributed by atoms with Crippen molar-refractivity contribution < 1.29 is 18.0 Å². The van der Waals surface area contributed by atoms with Gasteiger partial charge in [-0.25, -0.2) is 4.39 Å². The molecule has 1 aromatic carbocycles. The number of hydrogen-bond acceptors (Lipinski definition) is 4. The smallest absolute Gasteiger partial charge is 0.238 e. The molecule has 0 atom stereocenters. The van der Waals surface area contributed by atoms with Gasteiger partial charge < -0.3 is 14.2 Å². The van der Waals surface area contributed by atoms with Gasteiger partial charge in [0.05, 0.1) is 37.8 Å². The maximum Gasteiger partial charge on any atom is 0.238 e. The second-order valence-electron chi connectivity index (χ2n) is 5.48. The number of anilines is 1. The zero-order valence-electron chi connectivity index (χ0n) is 13.2. The molecular formula is C18H16ClFN2O3. The number of rotatable bonds is 7. The summed E-state index contributed by atoms with van der Waals surface area (Å²) in [6, 6.07) is 11.2. The maximum absolute atomic E-state index is 13.8. The quantitative estimate of drug-likeness (QED) is 0.680. The van der Waals surface area contributed by atoms with Crippen molar-refractivity contribution in [3.63, 3.8) is 0 Å². The van der Waals surface area contributed by atoms with Crippen LogP contribution in [-0.4, -0.2) is 17.4 Å². The van der Waals surface area contributed by atoms with Crippen molar-refractivity contribution in [2.24, 2.45) is 0 Å². The summed E-state index contributed by atoms with van der Waals surface area (Å²) >= 11 is 5.84. The van der Waals surface area contributed by atoms with E-state index in [1.807, 2.05) is 17.0 Å². The number of hydrogen-bond donors (Lipinski definition) is 1. The SMILES string of the molecule is O=C(CN(Cc1ccco1)Cc1ccco1)Nc1cc(Cl)ccc1F. The Hall–Kier alpha value is -2.57. The third-order valence-corrected chi connectivity index (χ3v) is 3.72. The summed E-state index contributed by atoms with van der Waals surface area (Å²) < 4.78 is 24.4. The van der Waals surface area contributed by atoms with Gasteiger partial charge in [0.1, 0.15) is 17.3 Å². The molecular weight excluding hydrogens is 347 g/mol. The molecule has 0 aliphatic carbocycles. The topological polar surface area (TPSA) is 58.6 Å². The molecule has 0 saturated heterocycles. The molecule has 0 aliphatic heterocycles. The second-order valence-corrected chi connectivity index (χ2v) is 5.91. The highest BCUT2D eigenvalue weighted by Gasteiger charge is 2.16. The van der Waals surface area contributed by atoms with Crippen LogP contribution in [0.3, 0.4) is 0 Å². The molecule has 1 N–H and O–H groups in total. The predicted molar refractivity (Wildman–Crippen MR) is 91.6 cm³/mol. The van der Waals surface area contributed by atoms with E-state index in [0.29, 0.717) is 29.6 Å². The molecule has 3 aromatic rings. The fourth-order valence-electron chi connectivity index (χ4n) is 2.40. The van der Waals surface area contributed by atoms with E-state index >= 15 is 0 Å². The lowest BCUT2D eigenvalue weighted by atomic mass is 10.3. The first-order valence-corrected chi connectivity index (χ1v) is 8.00. The van der Waals surface area contributed by atoms with Crippen molar-refractivity contribution in [2.75, 3.05) is 11.9 Å². The zero-order valence-corrected chi connectivity index (χ0v) is 14.0. The number of carbonyl (C=O) groups is 1. The van der Waals surface area contributed by atoms with Crippen molar-refractivity contribution in [1.29, 1.82) is 0 Å².